The number of carbonyl (C=O) groups is 1. The second-order valence-electron chi connectivity index (χ2n) is 5.76. The van der Waals surface area contributed by atoms with Gasteiger partial charge in [-0.2, -0.15) is 0 Å². The molecule has 136 valence electrons. The molecule has 0 unspecified atom stereocenters. The van der Waals surface area contributed by atoms with Crippen LogP contribution in [0.15, 0.2) is 42.6 Å². The monoisotopic (exact) mass is 364 g/mol. The van der Waals surface area contributed by atoms with Gasteiger partial charge in [0, 0.05) is 25.9 Å². The summed E-state index contributed by atoms with van der Waals surface area (Å²) >= 11 is 0. The number of alkyl halides is 3. The van der Waals surface area contributed by atoms with Crippen LogP contribution in [0, 0.1) is 0 Å². The predicted molar refractivity (Wildman–Crippen MR) is 90.2 cm³/mol. The molecule has 0 aliphatic carbocycles. The molecule has 2 N–H and O–H groups in total. The van der Waals surface area contributed by atoms with E-state index in [1.807, 2.05) is 19.0 Å². The summed E-state index contributed by atoms with van der Waals surface area (Å²) in [5, 5.41) is 0. The number of ether oxygens (including phenoxy) is 1. The van der Waals surface area contributed by atoms with E-state index in [9.17, 15) is 18.0 Å². The van der Waals surface area contributed by atoms with Crippen molar-refractivity contribution in [2.24, 2.45) is 5.73 Å². The lowest BCUT2D eigenvalue weighted by Gasteiger charge is -2.14. The summed E-state index contributed by atoms with van der Waals surface area (Å²) < 4.78 is 43.1. The van der Waals surface area contributed by atoms with Gasteiger partial charge in [-0.25, -0.2) is 4.98 Å². The summed E-state index contributed by atoms with van der Waals surface area (Å²) in [5.41, 5.74) is 7.26. The number of hydrogen-bond donors (Lipinski definition) is 1. The molecule has 3 aromatic rings. The first-order chi connectivity index (χ1) is 12.2. The van der Waals surface area contributed by atoms with Crippen molar-refractivity contribution in [2.75, 3.05) is 19.0 Å². The number of pyridine rings is 1. The van der Waals surface area contributed by atoms with E-state index in [-0.39, 0.29) is 5.69 Å². The van der Waals surface area contributed by atoms with E-state index in [0.717, 1.165) is 5.69 Å². The van der Waals surface area contributed by atoms with Gasteiger partial charge in [0.15, 0.2) is 5.69 Å². The Morgan fingerprint density at radius 1 is 1.23 bits per heavy atom. The van der Waals surface area contributed by atoms with E-state index in [2.05, 4.69) is 9.72 Å². The topological polar surface area (TPSA) is 72.9 Å². The van der Waals surface area contributed by atoms with E-state index in [1.165, 1.54) is 18.2 Å². The van der Waals surface area contributed by atoms with Gasteiger partial charge in [0.25, 0.3) is 5.91 Å². The molecule has 0 saturated carbocycles. The Labute approximate surface area is 146 Å². The number of hydrogen-bond acceptors (Lipinski definition) is 4. The van der Waals surface area contributed by atoms with Gasteiger partial charge in [-0.15, -0.1) is 13.2 Å². The molecule has 2 aromatic heterocycles. The molecule has 0 aliphatic heterocycles. The normalized spacial score (nSPS) is 11.6. The highest BCUT2D eigenvalue weighted by Gasteiger charge is 2.31. The Bertz CT molecular complexity index is 980. The largest absolute Gasteiger partial charge is 0.573 e. The van der Waals surface area contributed by atoms with E-state index < -0.39 is 18.0 Å². The summed E-state index contributed by atoms with van der Waals surface area (Å²) in [4.78, 5) is 17.9. The average molecular weight is 364 g/mol. The molecule has 0 saturated heterocycles. The zero-order valence-electron chi connectivity index (χ0n) is 13.9. The van der Waals surface area contributed by atoms with Crippen LogP contribution in [0.4, 0.5) is 18.9 Å². The molecule has 0 radical (unpaired) electrons. The number of benzene rings is 1. The lowest BCUT2D eigenvalue weighted by molar-refractivity contribution is -0.274. The van der Waals surface area contributed by atoms with Gasteiger partial charge < -0.3 is 15.4 Å². The first-order valence-corrected chi connectivity index (χ1v) is 7.51. The van der Waals surface area contributed by atoms with Crippen LogP contribution in [0.3, 0.4) is 0 Å². The van der Waals surface area contributed by atoms with Crippen molar-refractivity contribution < 1.29 is 22.7 Å². The predicted octanol–water partition coefficient (Wildman–Crippen LogP) is 3.06. The number of nitrogens with zero attached hydrogens (tertiary/aromatic N) is 3. The van der Waals surface area contributed by atoms with Crippen molar-refractivity contribution in [3.05, 3.63) is 48.3 Å². The van der Waals surface area contributed by atoms with Crippen molar-refractivity contribution in [1.82, 2.24) is 9.38 Å². The van der Waals surface area contributed by atoms with Crippen molar-refractivity contribution in [3.8, 4) is 17.0 Å². The smallest absolute Gasteiger partial charge is 0.406 e. The minimum atomic E-state index is -4.82. The van der Waals surface area contributed by atoms with Crippen molar-refractivity contribution >= 4 is 17.2 Å². The van der Waals surface area contributed by atoms with Gasteiger partial charge >= 0.3 is 6.36 Å². The molecule has 9 heteroatoms. The number of rotatable bonds is 4. The highest BCUT2D eigenvalue weighted by molar-refractivity contribution is 5.98. The summed E-state index contributed by atoms with van der Waals surface area (Å²) in [5.74, 6) is -1.18. The SMILES string of the molecule is CN(C)c1ccc2nc(C(N)=O)c(-c3cccc(OC(F)(F)F)c3)n2c1. The number of aromatic nitrogens is 2. The number of nitrogens with two attached hydrogens (primary N) is 1. The molecule has 0 bridgehead atoms. The van der Waals surface area contributed by atoms with Crippen molar-refractivity contribution in [1.29, 1.82) is 0 Å². The highest BCUT2D eigenvalue weighted by Crippen LogP contribution is 2.31. The molecule has 0 atom stereocenters. The number of carbonyl (C=O) groups excluding carboxylic acids is 1. The number of primary amides is 1. The number of anilines is 1. The standard InChI is InChI=1S/C17H15F3N4O2/c1-23(2)11-6-7-13-22-14(16(21)25)15(24(13)9-11)10-4-3-5-12(8-10)26-17(18,19)20/h3-9H,1-2H3,(H2,21,25). The summed E-state index contributed by atoms with van der Waals surface area (Å²) in [6, 6.07) is 8.82. The Balaban J connectivity index is 2.22. The minimum absolute atomic E-state index is 0.0370. The van der Waals surface area contributed by atoms with Gasteiger partial charge in [0.2, 0.25) is 0 Å². The van der Waals surface area contributed by atoms with Gasteiger partial charge in [0.1, 0.15) is 11.4 Å². The van der Waals surface area contributed by atoms with Gasteiger partial charge in [-0.1, -0.05) is 12.1 Å². The minimum Gasteiger partial charge on any atom is -0.406 e. The Morgan fingerprint density at radius 2 is 1.96 bits per heavy atom. The number of imidazole rings is 1. The maximum absolute atomic E-state index is 12.5. The Kier molecular flexibility index (Phi) is 4.23. The van der Waals surface area contributed by atoms with Crippen LogP contribution >= 0.6 is 0 Å². The molecule has 0 fully saturated rings. The van der Waals surface area contributed by atoms with Crippen LogP contribution in [0.1, 0.15) is 10.5 Å². The molecule has 2 heterocycles. The fraction of sp³-hybridized carbons (Fsp3) is 0.176. The molecule has 0 spiro atoms. The maximum atomic E-state index is 12.5. The molecule has 1 amide bonds. The van der Waals surface area contributed by atoms with E-state index >= 15 is 0 Å². The summed E-state index contributed by atoms with van der Waals surface area (Å²) in [6.45, 7) is 0. The van der Waals surface area contributed by atoms with Crippen LogP contribution in [-0.4, -0.2) is 35.7 Å². The fourth-order valence-electron chi connectivity index (χ4n) is 2.59. The van der Waals surface area contributed by atoms with Crippen LogP contribution < -0.4 is 15.4 Å². The zero-order valence-corrected chi connectivity index (χ0v) is 13.9. The lowest BCUT2D eigenvalue weighted by Crippen LogP contribution is -2.17. The van der Waals surface area contributed by atoms with Crippen LogP contribution in [0.25, 0.3) is 16.9 Å². The van der Waals surface area contributed by atoms with Gasteiger partial charge in [-0.3, -0.25) is 9.20 Å². The first-order valence-electron chi connectivity index (χ1n) is 7.51. The molecular weight excluding hydrogens is 349 g/mol. The quantitative estimate of drug-likeness (QED) is 0.772. The number of halogens is 3. The van der Waals surface area contributed by atoms with E-state index in [4.69, 9.17) is 5.73 Å². The maximum Gasteiger partial charge on any atom is 0.573 e. The van der Waals surface area contributed by atoms with Crippen LogP contribution in [0.2, 0.25) is 0 Å². The number of fused-ring (bicyclic) bond motifs is 1. The molecule has 26 heavy (non-hydrogen) atoms. The van der Waals surface area contributed by atoms with Crippen molar-refractivity contribution in [2.45, 2.75) is 6.36 Å². The second kappa shape index (κ2) is 6.25. The van der Waals surface area contributed by atoms with E-state index in [1.54, 1.807) is 28.8 Å². The van der Waals surface area contributed by atoms with Crippen molar-refractivity contribution in [3.63, 3.8) is 0 Å². The third-order valence-corrected chi connectivity index (χ3v) is 3.69. The van der Waals surface area contributed by atoms with Gasteiger partial charge in [-0.05, 0) is 24.3 Å². The Hall–Kier alpha value is -3.23. The molecule has 3 rings (SSSR count). The fourth-order valence-corrected chi connectivity index (χ4v) is 2.59. The third-order valence-electron chi connectivity index (χ3n) is 3.69. The summed E-state index contributed by atoms with van der Waals surface area (Å²) in [6.07, 6.45) is -3.09. The lowest BCUT2D eigenvalue weighted by atomic mass is 10.1. The zero-order chi connectivity index (χ0) is 19.1. The highest BCUT2D eigenvalue weighted by atomic mass is 19.4. The van der Waals surface area contributed by atoms with Crippen LogP contribution in [0.5, 0.6) is 5.75 Å². The Morgan fingerprint density at radius 3 is 2.58 bits per heavy atom. The van der Waals surface area contributed by atoms with E-state index in [0.29, 0.717) is 16.9 Å². The molecule has 0 aliphatic rings. The van der Waals surface area contributed by atoms with Crippen LogP contribution in [-0.2, 0) is 0 Å². The first kappa shape index (κ1) is 17.6. The molecule has 1 aromatic carbocycles. The second-order valence-corrected chi connectivity index (χ2v) is 5.76. The summed E-state index contributed by atoms with van der Waals surface area (Å²) in [7, 11) is 3.68. The molecule has 6 nitrogen and oxygen atoms in total. The third kappa shape index (κ3) is 3.41. The van der Waals surface area contributed by atoms with Gasteiger partial charge in [0.05, 0.1) is 11.4 Å². The molecular formula is C17H15F3N4O2. The average Bonchev–Trinajstić information content (AvgIpc) is 2.92. The number of amides is 1.